The minimum absolute atomic E-state index is 0.104. The largest absolute Gasteiger partial charge is 0.466 e. The number of nitrogens with zero attached hydrogens (tertiary/aromatic N) is 4. The van der Waals surface area contributed by atoms with E-state index in [1.165, 1.54) is 0 Å². The van der Waals surface area contributed by atoms with E-state index in [0.717, 1.165) is 66.6 Å². The molecule has 0 saturated carbocycles. The first-order chi connectivity index (χ1) is 16.9. The summed E-state index contributed by atoms with van der Waals surface area (Å²) < 4.78 is 13.1. The first-order valence-corrected chi connectivity index (χ1v) is 12.1. The molecule has 1 aromatic carbocycles. The van der Waals surface area contributed by atoms with E-state index < -0.39 is 0 Å². The van der Waals surface area contributed by atoms with Gasteiger partial charge in [-0.15, -0.1) is 0 Å². The molecular weight excluding hydrogens is 442 g/mol. The van der Waals surface area contributed by atoms with Crippen molar-refractivity contribution in [2.24, 2.45) is 0 Å². The molecule has 35 heavy (non-hydrogen) atoms. The highest BCUT2D eigenvalue weighted by Gasteiger charge is 2.21. The van der Waals surface area contributed by atoms with E-state index in [-0.39, 0.29) is 11.9 Å². The minimum atomic E-state index is -0.186. The number of anilines is 1. The van der Waals surface area contributed by atoms with E-state index in [1.807, 2.05) is 48.9 Å². The molecule has 4 heterocycles. The predicted octanol–water partition coefficient (Wildman–Crippen LogP) is 4.97. The van der Waals surface area contributed by atoms with Crippen LogP contribution >= 0.6 is 0 Å². The number of benzene rings is 1. The Bertz CT molecular complexity index is 1360. The third-order valence-corrected chi connectivity index (χ3v) is 6.38. The Kier molecular flexibility index (Phi) is 6.40. The third kappa shape index (κ3) is 4.72. The van der Waals surface area contributed by atoms with Gasteiger partial charge in [0.1, 0.15) is 11.5 Å². The number of nitrogens with one attached hydrogen (secondary N) is 1. The summed E-state index contributed by atoms with van der Waals surface area (Å²) in [6, 6.07) is 11.9. The lowest BCUT2D eigenvalue weighted by Crippen LogP contribution is -2.35. The number of furan rings is 1. The van der Waals surface area contributed by atoms with Crippen molar-refractivity contribution < 1.29 is 13.9 Å². The second-order valence-corrected chi connectivity index (χ2v) is 9.30. The molecule has 0 atom stereocenters. The lowest BCUT2D eigenvalue weighted by Gasteiger charge is -2.27. The van der Waals surface area contributed by atoms with Crippen LogP contribution in [0.25, 0.3) is 22.3 Å². The Morgan fingerprint density at radius 3 is 2.63 bits per heavy atom. The van der Waals surface area contributed by atoms with Crippen molar-refractivity contribution in [1.82, 2.24) is 19.7 Å². The number of pyridine rings is 1. The molecule has 1 fully saturated rings. The number of para-hydroxylation sites is 1. The summed E-state index contributed by atoms with van der Waals surface area (Å²) in [5, 5.41) is 8.42. The molecule has 1 amide bonds. The summed E-state index contributed by atoms with van der Waals surface area (Å²) in [4.78, 5) is 20.9. The average Bonchev–Trinajstić information content (AvgIpc) is 3.42. The fraction of sp³-hybridized carbons (Fsp3) is 0.370. The van der Waals surface area contributed by atoms with Crippen LogP contribution in [0.1, 0.15) is 47.3 Å². The van der Waals surface area contributed by atoms with Crippen LogP contribution in [-0.2, 0) is 11.3 Å². The molecule has 8 nitrogen and oxygen atoms in total. The van der Waals surface area contributed by atoms with Crippen LogP contribution in [0.15, 0.2) is 47.0 Å². The SMILES string of the molecule is Cc1cc(-c2cc(C(=O)Nc3ccccc3CN3CCOCC3)c3cnn(C(C)C)c3n2)c(C)o1. The summed E-state index contributed by atoms with van der Waals surface area (Å²) in [5.74, 6) is 1.39. The number of fused-ring (bicyclic) bond motifs is 1. The molecule has 3 aromatic heterocycles. The van der Waals surface area contributed by atoms with Gasteiger partial charge in [0.2, 0.25) is 0 Å². The van der Waals surface area contributed by atoms with Gasteiger partial charge in [0.05, 0.1) is 36.1 Å². The molecule has 1 N–H and O–H groups in total. The number of aryl methyl sites for hydroxylation is 2. The van der Waals surface area contributed by atoms with E-state index in [1.54, 1.807) is 6.20 Å². The monoisotopic (exact) mass is 473 g/mol. The average molecular weight is 474 g/mol. The highest BCUT2D eigenvalue weighted by atomic mass is 16.5. The maximum Gasteiger partial charge on any atom is 0.256 e. The quantitative estimate of drug-likeness (QED) is 0.425. The van der Waals surface area contributed by atoms with Crippen molar-refractivity contribution in [1.29, 1.82) is 0 Å². The zero-order valence-electron chi connectivity index (χ0n) is 20.7. The van der Waals surface area contributed by atoms with Crippen molar-refractivity contribution in [3.63, 3.8) is 0 Å². The molecule has 0 bridgehead atoms. The summed E-state index contributed by atoms with van der Waals surface area (Å²) >= 11 is 0. The lowest BCUT2D eigenvalue weighted by molar-refractivity contribution is 0.0342. The normalized spacial score (nSPS) is 14.7. The predicted molar refractivity (Wildman–Crippen MR) is 136 cm³/mol. The maximum atomic E-state index is 13.7. The fourth-order valence-electron chi connectivity index (χ4n) is 4.58. The number of hydrogen-bond donors (Lipinski definition) is 1. The molecule has 0 radical (unpaired) electrons. The van der Waals surface area contributed by atoms with Gasteiger partial charge in [0, 0.05) is 36.9 Å². The third-order valence-electron chi connectivity index (χ3n) is 6.38. The molecule has 1 aliphatic heterocycles. The maximum absolute atomic E-state index is 13.7. The summed E-state index contributed by atoms with van der Waals surface area (Å²) in [6.45, 7) is 11.9. The van der Waals surface area contributed by atoms with Gasteiger partial charge >= 0.3 is 0 Å². The molecule has 5 rings (SSSR count). The summed E-state index contributed by atoms with van der Waals surface area (Å²) in [7, 11) is 0. The van der Waals surface area contributed by atoms with Crippen molar-refractivity contribution >= 4 is 22.6 Å². The Hall–Kier alpha value is -3.49. The number of hydrogen-bond acceptors (Lipinski definition) is 6. The Labute approximate surface area is 204 Å². The highest BCUT2D eigenvalue weighted by Crippen LogP contribution is 2.31. The molecule has 0 aliphatic carbocycles. The molecule has 4 aromatic rings. The number of morpholine rings is 1. The van der Waals surface area contributed by atoms with Crippen molar-refractivity contribution in [3.05, 3.63) is 65.2 Å². The number of carbonyl (C=O) groups is 1. The van der Waals surface area contributed by atoms with E-state index in [4.69, 9.17) is 14.1 Å². The molecule has 8 heteroatoms. The van der Waals surface area contributed by atoms with Crippen LogP contribution in [0.4, 0.5) is 5.69 Å². The van der Waals surface area contributed by atoms with Crippen LogP contribution in [-0.4, -0.2) is 51.9 Å². The zero-order valence-corrected chi connectivity index (χ0v) is 20.7. The zero-order chi connectivity index (χ0) is 24.5. The topological polar surface area (TPSA) is 85.4 Å². The highest BCUT2D eigenvalue weighted by molar-refractivity contribution is 6.12. The van der Waals surface area contributed by atoms with E-state index in [9.17, 15) is 4.79 Å². The molecule has 1 aliphatic rings. The molecular formula is C27H31N5O3. The molecule has 0 unspecified atom stereocenters. The molecule has 0 spiro atoms. The molecule has 1 saturated heterocycles. The van der Waals surface area contributed by atoms with Gasteiger partial charge < -0.3 is 14.5 Å². The number of amides is 1. The van der Waals surface area contributed by atoms with Gasteiger partial charge in [-0.05, 0) is 51.5 Å². The Morgan fingerprint density at radius 2 is 1.91 bits per heavy atom. The van der Waals surface area contributed by atoms with Gasteiger partial charge in [0.25, 0.3) is 5.91 Å². The summed E-state index contributed by atoms with van der Waals surface area (Å²) in [5.41, 5.74) is 4.68. The van der Waals surface area contributed by atoms with Crippen LogP contribution in [0.5, 0.6) is 0 Å². The van der Waals surface area contributed by atoms with Gasteiger partial charge in [-0.25, -0.2) is 9.67 Å². The standard InChI is InChI=1S/C27H31N5O3/c1-17(2)32-26-23(15-28-32)22(14-25(29-26)21-13-18(3)35-19(21)4)27(33)30-24-8-6-5-7-20(24)16-31-9-11-34-12-10-31/h5-8,13-15,17H,9-12,16H2,1-4H3,(H,30,33). The molecule has 182 valence electrons. The van der Waals surface area contributed by atoms with Gasteiger partial charge in [-0.2, -0.15) is 5.10 Å². The second-order valence-electron chi connectivity index (χ2n) is 9.30. The van der Waals surface area contributed by atoms with Crippen molar-refractivity contribution in [3.8, 4) is 11.3 Å². The fourth-order valence-corrected chi connectivity index (χ4v) is 4.58. The van der Waals surface area contributed by atoms with Crippen LogP contribution in [0, 0.1) is 13.8 Å². The van der Waals surface area contributed by atoms with E-state index >= 15 is 0 Å². The van der Waals surface area contributed by atoms with Crippen molar-refractivity contribution in [2.75, 3.05) is 31.6 Å². The number of carbonyl (C=O) groups excluding carboxylic acids is 1. The first kappa shape index (κ1) is 23.3. The number of ether oxygens (including phenoxy) is 1. The van der Waals surface area contributed by atoms with Crippen LogP contribution in [0.2, 0.25) is 0 Å². The van der Waals surface area contributed by atoms with Gasteiger partial charge in [-0.3, -0.25) is 9.69 Å². The van der Waals surface area contributed by atoms with Crippen LogP contribution < -0.4 is 5.32 Å². The lowest BCUT2D eigenvalue weighted by atomic mass is 10.1. The number of aromatic nitrogens is 3. The van der Waals surface area contributed by atoms with Crippen molar-refractivity contribution in [2.45, 2.75) is 40.3 Å². The van der Waals surface area contributed by atoms with E-state index in [0.29, 0.717) is 16.9 Å². The first-order valence-electron chi connectivity index (χ1n) is 12.1. The number of rotatable bonds is 6. The summed E-state index contributed by atoms with van der Waals surface area (Å²) in [6.07, 6.45) is 1.73. The second kappa shape index (κ2) is 9.64. The van der Waals surface area contributed by atoms with Gasteiger partial charge in [0.15, 0.2) is 5.65 Å². The van der Waals surface area contributed by atoms with Gasteiger partial charge in [-0.1, -0.05) is 18.2 Å². The smallest absolute Gasteiger partial charge is 0.256 e. The van der Waals surface area contributed by atoms with Crippen LogP contribution in [0.3, 0.4) is 0 Å². The Morgan fingerprint density at radius 1 is 1.14 bits per heavy atom. The minimum Gasteiger partial charge on any atom is -0.466 e. The Balaban J connectivity index is 1.53. The van der Waals surface area contributed by atoms with E-state index in [2.05, 4.69) is 35.2 Å².